The van der Waals surface area contributed by atoms with E-state index in [9.17, 15) is 22.8 Å². The molecule has 2 rings (SSSR count). The standard InChI is InChI=1S/C19H17ClF3NO4/c1-10(25)12-4-7-16(17(8-12)27-3)28-11(2)18(26)24-15-6-5-13(20)9-14(15)19(21,22)23/h4-9,11H,1-3H3,(H,24,26)/t11-/m0/s1. The Labute approximate surface area is 164 Å². The van der Waals surface area contributed by atoms with Crippen LogP contribution in [0.25, 0.3) is 0 Å². The molecule has 0 spiro atoms. The Bertz CT molecular complexity index is 899. The van der Waals surface area contributed by atoms with Gasteiger partial charge in [-0.1, -0.05) is 11.6 Å². The summed E-state index contributed by atoms with van der Waals surface area (Å²) in [6.07, 6.45) is -5.84. The molecule has 0 aliphatic heterocycles. The van der Waals surface area contributed by atoms with E-state index in [-0.39, 0.29) is 22.3 Å². The van der Waals surface area contributed by atoms with Crippen molar-refractivity contribution < 1.29 is 32.2 Å². The smallest absolute Gasteiger partial charge is 0.418 e. The zero-order valence-electron chi connectivity index (χ0n) is 15.2. The third kappa shape index (κ3) is 5.16. The number of alkyl halides is 3. The Balaban J connectivity index is 2.20. The van der Waals surface area contributed by atoms with Gasteiger partial charge in [-0.3, -0.25) is 9.59 Å². The Kier molecular flexibility index (Phi) is 6.56. The number of Topliss-reactive ketones (excluding diaryl/α,β-unsaturated/α-hetero) is 1. The number of halogens is 4. The summed E-state index contributed by atoms with van der Waals surface area (Å²) in [6, 6.07) is 7.42. The average molecular weight is 416 g/mol. The third-order valence-electron chi connectivity index (χ3n) is 3.79. The molecule has 0 aliphatic rings. The number of anilines is 1. The fourth-order valence-electron chi connectivity index (χ4n) is 2.32. The Morgan fingerprint density at radius 3 is 2.36 bits per heavy atom. The van der Waals surface area contributed by atoms with Gasteiger partial charge in [0.25, 0.3) is 5.91 Å². The van der Waals surface area contributed by atoms with Crippen molar-refractivity contribution in [2.45, 2.75) is 26.1 Å². The highest BCUT2D eigenvalue weighted by molar-refractivity contribution is 6.30. The number of hydrogen-bond donors (Lipinski definition) is 1. The molecule has 0 fully saturated rings. The summed E-state index contributed by atoms with van der Waals surface area (Å²) >= 11 is 5.62. The predicted molar refractivity (Wildman–Crippen MR) is 98.2 cm³/mol. The fourth-order valence-corrected chi connectivity index (χ4v) is 2.49. The van der Waals surface area contributed by atoms with Gasteiger partial charge < -0.3 is 14.8 Å². The zero-order valence-corrected chi connectivity index (χ0v) is 15.9. The predicted octanol–water partition coefficient (Wildman–Crippen LogP) is 4.98. The minimum absolute atomic E-state index is 0.107. The van der Waals surface area contributed by atoms with Crippen molar-refractivity contribution in [1.82, 2.24) is 0 Å². The van der Waals surface area contributed by atoms with Gasteiger partial charge in [0.1, 0.15) is 0 Å². The van der Waals surface area contributed by atoms with E-state index in [0.717, 1.165) is 12.1 Å². The lowest BCUT2D eigenvalue weighted by Gasteiger charge is -2.19. The number of hydrogen-bond acceptors (Lipinski definition) is 4. The molecule has 2 aromatic rings. The molecule has 9 heteroatoms. The summed E-state index contributed by atoms with van der Waals surface area (Å²) in [7, 11) is 1.36. The van der Waals surface area contributed by atoms with Crippen molar-refractivity contribution >= 4 is 29.0 Å². The molecule has 0 heterocycles. The number of nitrogens with one attached hydrogen (secondary N) is 1. The largest absolute Gasteiger partial charge is 0.493 e. The summed E-state index contributed by atoms with van der Waals surface area (Å²) in [5, 5.41) is 2.09. The van der Waals surface area contributed by atoms with Gasteiger partial charge in [-0.2, -0.15) is 13.2 Å². The molecular formula is C19H17ClF3NO4. The molecular weight excluding hydrogens is 399 g/mol. The first kappa shape index (κ1) is 21.6. The number of amides is 1. The van der Waals surface area contributed by atoms with E-state index in [2.05, 4.69) is 5.32 Å². The number of benzene rings is 2. The lowest BCUT2D eigenvalue weighted by molar-refractivity contribution is -0.137. The average Bonchev–Trinajstić information content (AvgIpc) is 2.62. The second-order valence-corrected chi connectivity index (χ2v) is 6.30. The molecule has 0 saturated carbocycles. The number of carbonyl (C=O) groups excluding carboxylic acids is 2. The first-order chi connectivity index (χ1) is 13.0. The Hall–Kier alpha value is -2.74. The number of carbonyl (C=O) groups is 2. The second-order valence-electron chi connectivity index (χ2n) is 5.86. The summed E-state index contributed by atoms with van der Waals surface area (Å²) in [6.45, 7) is 2.76. The molecule has 2 aromatic carbocycles. The summed E-state index contributed by atoms with van der Waals surface area (Å²) < 4.78 is 50.1. The number of ketones is 1. The van der Waals surface area contributed by atoms with Crippen molar-refractivity contribution in [1.29, 1.82) is 0 Å². The highest BCUT2D eigenvalue weighted by atomic mass is 35.5. The van der Waals surface area contributed by atoms with Crippen LogP contribution in [0.3, 0.4) is 0 Å². The van der Waals surface area contributed by atoms with Gasteiger partial charge in [-0.25, -0.2) is 0 Å². The Morgan fingerprint density at radius 1 is 1.11 bits per heavy atom. The van der Waals surface area contributed by atoms with Crippen LogP contribution in [-0.4, -0.2) is 24.9 Å². The molecule has 28 heavy (non-hydrogen) atoms. The first-order valence-electron chi connectivity index (χ1n) is 8.06. The van der Waals surface area contributed by atoms with Crippen LogP contribution in [0.5, 0.6) is 11.5 Å². The van der Waals surface area contributed by atoms with Crippen LogP contribution in [0, 0.1) is 0 Å². The lowest BCUT2D eigenvalue weighted by Crippen LogP contribution is -2.31. The van der Waals surface area contributed by atoms with Crippen LogP contribution in [0.1, 0.15) is 29.8 Å². The quantitative estimate of drug-likeness (QED) is 0.676. The van der Waals surface area contributed by atoms with E-state index >= 15 is 0 Å². The van der Waals surface area contributed by atoms with Crippen molar-refractivity contribution in [3.8, 4) is 11.5 Å². The van der Waals surface area contributed by atoms with Crippen LogP contribution in [0.4, 0.5) is 18.9 Å². The molecule has 0 bridgehead atoms. The van der Waals surface area contributed by atoms with Crippen molar-refractivity contribution in [3.63, 3.8) is 0 Å². The van der Waals surface area contributed by atoms with E-state index in [1.54, 1.807) is 0 Å². The molecule has 150 valence electrons. The minimum Gasteiger partial charge on any atom is -0.493 e. The summed E-state index contributed by atoms with van der Waals surface area (Å²) in [4.78, 5) is 23.8. The SMILES string of the molecule is COc1cc(C(C)=O)ccc1O[C@@H](C)C(=O)Nc1ccc(Cl)cc1C(F)(F)F. The van der Waals surface area contributed by atoms with E-state index in [1.807, 2.05) is 0 Å². The third-order valence-corrected chi connectivity index (χ3v) is 4.02. The second kappa shape index (κ2) is 8.52. The maximum atomic E-state index is 13.1. The molecule has 0 aromatic heterocycles. The van der Waals surface area contributed by atoms with Gasteiger partial charge in [0.2, 0.25) is 0 Å². The van der Waals surface area contributed by atoms with Crippen LogP contribution in [-0.2, 0) is 11.0 Å². The number of rotatable bonds is 6. The van der Waals surface area contributed by atoms with Crippen molar-refractivity contribution in [2.24, 2.45) is 0 Å². The van der Waals surface area contributed by atoms with Crippen LogP contribution >= 0.6 is 11.6 Å². The molecule has 0 saturated heterocycles. The summed E-state index contributed by atoms with van der Waals surface area (Å²) in [5.41, 5.74) is -1.11. The van der Waals surface area contributed by atoms with E-state index in [1.165, 1.54) is 45.2 Å². The van der Waals surface area contributed by atoms with Gasteiger partial charge in [-0.05, 0) is 50.2 Å². The zero-order chi connectivity index (χ0) is 21.1. The fraction of sp³-hybridized carbons (Fsp3) is 0.263. The van der Waals surface area contributed by atoms with Gasteiger partial charge in [-0.15, -0.1) is 0 Å². The van der Waals surface area contributed by atoms with Crippen LogP contribution < -0.4 is 14.8 Å². The number of ether oxygens (including phenoxy) is 2. The molecule has 1 atom stereocenters. The normalized spacial score (nSPS) is 12.2. The maximum absolute atomic E-state index is 13.1. The topological polar surface area (TPSA) is 64.6 Å². The van der Waals surface area contributed by atoms with Crippen LogP contribution in [0.15, 0.2) is 36.4 Å². The highest BCUT2D eigenvalue weighted by Gasteiger charge is 2.34. The molecule has 0 unspecified atom stereocenters. The van der Waals surface area contributed by atoms with Gasteiger partial charge in [0.15, 0.2) is 23.4 Å². The van der Waals surface area contributed by atoms with Gasteiger partial charge in [0, 0.05) is 10.6 Å². The highest BCUT2D eigenvalue weighted by Crippen LogP contribution is 2.36. The van der Waals surface area contributed by atoms with Crippen LogP contribution in [0.2, 0.25) is 5.02 Å². The molecule has 1 amide bonds. The van der Waals surface area contributed by atoms with E-state index < -0.39 is 29.4 Å². The monoisotopic (exact) mass is 415 g/mol. The van der Waals surface area contributed by atoms with Crippen molar-refractivity contribution in [2.75, 3.05) is 12.4 Å². The van der Waals surface area contributed by atoms with Crippen molar-refractivity contribution in [3.05, 3.63) is 52.5 Å². The Morgan fingerprint density at radius 2 is 1.79 bits per heavy atom. The molecule has 1 N–H and O–H groups in total. The molecule has 0 aliphatic carbocycles. The van der Waals surface area contributed by atoms with Gasteiger partial charge in [0.05, 0.1) is 18.4 Å². The first-order valence-corrected chi connectivity index (χ1v) is 8.44. The maximum Gasteiger partial charge on any atom is 0.418 e. The molecule has 5 nitrogen and oxygen atoms in total. The van der Waals surface area contributed by atoms with E-state index in [0.29, 0.717) is 5.56 Å². The summed E-state index contributed by atoms with van der Waals surface area (Å²) in [5.74, 6) is -0.597. The minimum atomic E-state index is -4.69. The lowest BCUT2D eigenvalue weighted by atomic mass is 10.1. The van der Waals surface area contributed by atoms with Gasteiger partial charge >= 0.3 is 6.18 Å². The molecule has 0 radical (unpaired) electrons. The number of methoxy groups -OCH3 is 1. The van der Waals surface area contributed by atoms with E-state index in [4.69, 9.17) is 21.1 Å².